The van der Waals surface area contributed by atoms with Crippen molar-refractivity contribution in [1.82, 2.24) is 19.9 Å². The van der Waals surface area contributed by atoms with E-state index in [1.165, 1.54) is 6.33 Å². The maximum atomic E-state index is 11.5. The fourth-order valence-corrected chi connectivity index (χ4v) is 2.06. The van der Waals surface area contributed by atoms with Crippen molar-refractivity contribution < 1.29 is 4.79 Å². The Morgan fingerprint density at radius 1 is 1.04 bits per heavy atom. The molecule has 4 N–H and O–H groups in total. The van der Waals surface area contributed by atoms with Crippen LogP contribution in [0.2, 0.25) is 0 Å². The minimum atomic E-state index is -0.515. The predicted molar refractivity (Wildman–Crippen MR) is 90.3 cm³/mol. The number of rotatable bonds is 5. The Morgan fingerprint density at radius 3 is 2.54 bits per heavy atom. The summed E-state index contributed by atoms with van der Waals surface area (Å²) in [7, 11) is 0. The van der Waals surface area contributed by atoms with Gasteiger partial charge < -0.3 is 16.4 Å². The van der Waals surface area contributed by atoms with Crippen molar-refractivity contribution in [3.63, 3.8) is 0 Å². The van der Waals surface area contributed by atoms with Crippen molar-refractivity contribution in [2.24, 2.45) is 5.73 Å². The molecule has 8 heteroatoms. The number of anilines is 4. The quantitative estimate of drug-likeness (QED) is 0.658. The molecule has 24 heavy (non-hydrogen) atoms. The topological polar surface area (TPSA) is 119 Å². The standard InChI is InChI=1S/C16H15N7O/c1-10-6-7-18-16(21-10)23-14-8-13(19-9-20-14)22-12-5-3-2-4-11(12)15(17)24/h2-9H,1H3,(H2,17,24)(H2,18,19,20,21,22,23). The number of hydrogen-bond acceptors (Lipinski definition) is 7. The van der Waals surface area contributed by atoms with Crippen LogP contribution in [0, 0.1) is 6.92 Å². The van der Waals surface area contributed by atoms with Crippen molar-refractivity contribution in [2.45, 2.75) is 6.92 Å². The summed E-state index contributed by atoms with van der Waals surface area (Å²) in [6, 6.07) is 10.4. The minimum absolute atomic E-state index is 0.382. The fraction of sp³-hybridized carbons (Fsp3) is 0.0625. The van der Waals surface area contributed by atoms with E-state index in [1.54, 1.807) is 42.6 Å². The van der Waals surface area contributed by atoms with Crippen molar-refractivity contribution in [3.05, 3.63) is 60.2 Å². The van der Waals surface area contributed by atoms with Crippen LogP contribution in [0.5, 0.6) is 0 Å². The normalized spacial score (nSPS) is 10.2. The van der Waals surface area contributed by atoms with Crippen LogP contribution in [0.1, 0.15) is 16.1 Å². The summed E-state index contributed by atoms with van der Waals surface area (Å²) in [5.41, 5.74) is 7.17. The van der Waals surface area contributed by atoms with E-state index in [9.17, 15) is 4.79 Å². The van der Waals surface area contributed by atoms with Gasteiger partial charge in [-0.1, -0.05) is 12.1 Å². The number of carbonyl (C=O) groups is 1. The summed E-state index contributed by atoms with van der Waals surface area (Å²) in [5.74, 6) is 0.958. The summed E-state index contributed by atoms with van der Waals surface area (Å²) < 4.78 is 0. The SMILES string of the molecule is Cc1ccnc(Nc2cc(Nc3ccccc3C(N)=O)ncn2)n1. The number of carbonyl (C=O) groups excluding carboxylic acids is 1. The van der Waals surface area contributed by atoms with Crippen LogP contribution < -0.4 is 16.4 Å². The molecule has 0 aliphatic heterocycles. The second-order valence-electron chi connectivity index (χ2n) is 4.97. The molecule has 0 saturated carbocycles. The van der Waals surface area contributed by atoms with Crippen LogP contribution in [0.15, 0.2) is 48.9 Å². The number of aromatic nitrogens is 4. The first-order valence-electron chi connectivity index (χ1n) is 7.16. The number of nitrogens with two attached hydrogens (primary N) is 1. The molecule has 0 bridgehead atoms. The lowest BCUT2D eigenvalue weighted by Gasteiger charge is -2.10. The summed E-state index contributed by atoms with van der Waals surface area (Å²) in [5, 5.41) is 6.06. The maximum absolute atomic E-state index is 11.5. The summed E-state index contributed by atoms with van der Waals surface area (Å²) in [6.45, 7) is 1.88. The van der Waals surface area contributed by atoms with E-state index in [2.05, 4.69) is 30.6 Å². The zero-order valence-corrected chi connectivity index (χ0v) is 12.9. The molecule has 120 valence electrons. The van der Waals surface area contributed by atoms with E-state index in [0.717, 1.165) is 5.69 Å². The van der Waals surface area contributed by atoms with E-state index in [1.807, 2.05) is 6.92 Å². The highest BCUT2D eigenvalue weighted by atomic mass is 16.1. The van der Waals surface area contributed by atoms with Crippen molar-refractivity contribution in [1.29, 1.82) is 0 Å². The number of aryl methyl sites for hydroxylation is 1. The van der Waals surface area contributed by atoms with Gasteiger partial charge >= 0.3 is 0 Å². The molecule has 0 radical (unpaired) electrons. The van der Waals surface area contributed by atoms with Gasteiger partial charge in [0.25, 0.3) is 5.91 Å². The van der Waals surface area contributed by atoms with Crippen molar-refractivity contribution >= 4 is 29.2 Å². The number of nitrogens with one attached hydrogen (secondary N) is 2. The Labute approximate surface area is 138 Å². The van der Waals surface area contributed by atoms with Gasteiger partial charge in [0.2, 0.25) is 5.95 Å². The molecule has 0 fully saturated rings. The van der Waals surface area contributed by atoms with Crippen molar-refractivity contribution in [3.8, 4) is 0 Å². The van der Waals surface area contributed by atoms with Gasteiger partial charge in [0.15, 0.2) is 0 Å². The van der Waals surface area contributed by atoms with Crippen LogP contribution in [0.4, 0.5) is 23.3 Å². The molecule has 0 atom stereocenters. The molecule has 0 saturated heterocycles. The molecule has 0 aliphatic rings. The first kappa shape index (κ1) is 15.3. The molecule has 3 aromatic rings. The molecule has 1 amide bonds. The van der Waals surface area contributed by atoms with Gasteiger partial charge in [0, 0.05) is 18.0 Å². The van der Waals surface area contributed by atoms with Gasteiger partial charge in [0.1, 0.15) is 18.0 Å². The van der Waals surface area contributed by atoms with E-state index < -0.39 is 5.91 Å². The van der Waals surface area contributed by atoms with E-state index in [-0.39, 0.29) is 0 Å². The number of benzene rings is 1. The number of nitrogens with zero attached hydrogens (tertiary/aromatic N) is 4. The van der Waals surface area contributed by atoms with E-state index in [0.29, 0.717) is 28.8 Å². The zero-order valence-electron chi connectivity index (χ0n) is 12.9. The van der Waals surface area contributed by atoms with Gasteiger partial charge in [-0.15, -0.1) is 0 Å². The molecule has 1 aromatic carbocycles. The first-order chi connectivity index (χ1) is 11.6. The van der Waals surface area contributed by atoms with E-state index >= 15 is 0 Å². The van der Waals surface area contributed by atoms with Gasteiger partial charge in [-0.25, -0.2) is 19.9 Å². The lowest BCUT2D eigenvalue weighted by molar-refractivity contribution is 0.100. The molecular weight excluding hydrogens is 306 g/mol. The highest BCUT2D eigenvalue weighted by Crippen LogP contribution is 2.21. The van der Waals surface area contributed by atoms with Crippen LogP contribution in [0.25, 0.3) is 0 Å². The number of hydrogen-bond donors (Lipinski definition) is 3. The van der Waals surface area contributed by atoms with E-state index in [4.69, 9.17) is 5.73 Å². The summed E-state index contributed by atoms with van der Waals surface area (Å²) in [6.07, 6.45) is 3.06. The smallest absolute Gasteiger partial charge is 0.250 e. The molecular formula is C16H15N7O. The molecule has 0 unspecified atom stereocenters. The third kappa shape index (κ3) is 3.61. The largest absolute Gasteiger partial charge is 0.366 e. The Hall–Kier alpha value is -3.55. The third-order valence-electron chi connectivity index (χ3n) is 3.16. The van der Waals surface area contributed by atoms with Crippen molar-refractivity contribution in [2.75, 3.05) is 10.6 Å². The Kier molecular flexibility index (Phi) is 4.28. The highest BCUT2D eigenvalue weighted by molar-refractivity contribution is 5.99. The fourth-order valence-electron chi connectivity index (χ4n) is 2.06. The zero-order chi connectivity index (χ0) is 16.9. The number of amides is 1. The average Bonchev–Trinajstić information content (AvgIpc) is 2.55. The average molecular weight is 321 g/mol. The number of primary amides is 1. The Balaban J connectivity index is 1.82. The molecule has 8 nitrogen and oxygen atoms in total. The second kappa shape index (κ2) is 6.69. The number of para-hydroxylation sites is 1. The second-order valence-corrected chi connectivity index (χ2v) is 4.97. The Morgan fingerprint density at radius 2 is 1.79 bits per heavy atom. The monoisotopic (exact) mass is 321 g/mol. The first-order valence-corrected chi connectivity index (χ1v) is 7.16. The molecule has 3 rings (SSSR count). The highest BCUT2D eigenvalue weighted by Gasteiger charge is 2.08. The van der Waals surface area contributed by atoms with Crippen LogP contribution in [0.3, 0.4) is 0 Å². The van der Waals surface area contributed by atoms with Gasteiger partial charge in [-0.2, -0.15) is 0 Å². The van der Waals surface area contributed by atoms with Crippen LogP contribution in [-0.2, 0) is 0 Å². The molecule has 0 spiro atoms. The third-order valence-corrected chi connectivity index (χ3v) is 3.16. The molecule has 2 heterocycles. The maximum Gasteiger partial charge on any atom is 0.250 e. The molecule has 2 aromatic heterocycles. The lowest BCUT2D eigenvalue weighted by atomic mass is 10.1. The van der Waals surface area contributed by atoms with Crippen LogP contribution >= 0.6 is 0 Å². The summed E-state index contributed by atoms with van der Waals surface area (Å²) >= 11 is 0. The van der Waals surface area contributed by atoms with Gasteiger partial charge in [-0.3, -0.25) is 4.79 Å². The minimum Gasteiger partial charge on any atom is -0.366 e. The predicted octanol–water partition coefficient (Wildman–Crippen LogP) is 2.16. The Bertz CT molecular complexity index is 882. The lowest BCUT2D eigenvalue weighted by Crippen LogP contribution is -2.13. The molecule has 0 aliphatic carbocycles. The van der Waals surface area contributed by atoms with Gasteiger partial charge in [0.05, 0.1) is 11.3 Å². The summed E-state index contributed by atoms with van der Waals surface area (Å²) in [4.78, 5) is 28.1. The van der Waals surface area contributed by atoms with Gasteiger partial charge in [-0.05, 0) is 25.1 Å². The van der Waals surface area contributed by atoms with Crippen LogP contribution in [-0.4, -0.2) is 25.8 Å².